The molecule has 2 aromatic rings. The second kappa shape index (κ2) is 26.6. The predicted octanol–water partition coefficient (Wildman–Crippen LogP) is 14.1. The molecule has 0 saturated heterocycles. The molecule has 0 heterocycles. The van der Waals surface area contributed by atoms with Crippen molar-refractivity contribution in [3.05, 3.63) is 41.5 Å². The van der Waals surface area contributed by atoms with Gasteiger partial charge in [0, 0.05) is 0 Å². The molecule has 0 unspecified atom stereocenters. The van der Waals surface area contributed by atoms with Crippen LogP contribution in [0.1, 0.15) is 205 Å². The largest absolute Gasteiger partial charge is 0.294 e. The monoisotopic (exact) mass is 657 g/mol. The zero-order chi connectivity index (χ0) is 33.1. The van der Waals surface area contributed by atoms with Gasteiger partial charge in [-0.25, -0.2) is 0 Å². The van der Waals surface area contributed by atoms with E-state index in [0.29, 0.717) is 0 Å². The summed E-state index contributed by atoms with van der Waals surface area (Å²) in [4.78, 5) is 0.00179. The van der Waals surface area contributed by atoms with E-state index in [2.05, 4.69) is 26.0 Å². The number of aryl methyl sites for hydroxylation is 2. The minimum absolute atomic E-state index is 0.00179. The van der Waals surface area contributed by atoms with Gasteiger partial charge in [-0.3, -0.25) is 4.55 Å². The summed E-state index contributed by atoms with van der Waals surface area (Å²) in [6.07, 6.45) is 40.1. The fourth-order valence-corrected chi connectivity index (χ4v) is 7.53. The van der Waals surface area contributed by atoms with Crippen molar-refractivity contribution in [2.24, 2.45) is 0 Å². The van der Waals surface area contributed by atoms with Crippen LogP contribution in [0.25, 0.3) is 10.8 Å². The first-order valence-corrected chi connectivity index (χ1v) is 21.4. The Balaban J connectivity index is 1.69. The van der Waals surface area contributed by atoms with Gasteiger partial charge in [-0.1, -0.05) is 199 Å². The van der Waals surface area contributed by atoms with E-state index in [9.17, 15) is 13.0 Å². The third kappa shape index (κ3) is 19.4. The van der Waals surface area contributed by atoms with E-state index in [4.69, 9.17) is 0 Å². The zero-order valence-corrected chi connectivity index (χ0v) is 31.1. The molecule has 0 amide bonds. The highest BCUT2D eigenvalue weighted by molar-refractivity contribution is 7.85. The van der Waals surface area contributed by atoms with E-state index in [1.807, 2.05) is 6.07 Å². The molecule has 0 aliphatic heterocycles. The highest BCUT2D eigenvalue weighted by atomic mass is 32.2. The van der Waals surface area contributed by atoms with Crippen molar-refractivity contribution in [2.75, 3.05) is 0 Å². The molecule has 0 aliphatic carbocycles. The van der Waals surface area contributed by atoms with Crippen LogP contribution in [0.5, 0.6) is 0 Å². The van der Waals surface area contributed by atoms with E-state index in [1.54, 1.807) is 12.1 Å². The first kappa shape index (κ1) is 40.8. The van der Waals surface area contributed by atoms with Crippen molar-refractivity contribution < 1.29 is 13.0 Å². The SMILES string of the molecule is CCCCCCCCCCCCCCCCc1cc(CCCCCCCCCCCCCCCC)c2cc(S(=O)(=O)O)ccc2c1. The molecule has 0 bridgehead atoms. The Bertz CT molecular complexity index is 1120. The van der Waals surface area contributed by atoms with Gasteiger partial charge < -0.3 is 0 Å². The molecule has 0 fully saturated rings. The van der Waals surface area contributed by atoms with Gasteiger partial charge in [-0.2, -0.15) is 8.42 Å². The summed E-state index contributed by atoms with van der Waals surface area (Å²) < 4.78 is 33.4. The molecule has 1 N–H and O–H groups in total. The highest BCUT2D eigenvalue weighted by Gasteiger charge is 2.13. The fraction of sp³-hybridized carbons (Fsp3) is 0.762. The average molecular weight is 657 g/mol. The third-order valence-electron chi connectivity index (χ3n) is 9.99. The van der Waals surface area contributed by atoms with Gasteiger partial charge in [-0.05, 0) is 59.7 Å². The molecule has 46 heavy (non-hydrogen) atoms. The maximum Gasteiger partial charge on any atom is 0.294 e. The molecule has 0 spiro atoms. The number of hydrogen-bond donors (Lipinski definition) is 1. The lowest BCUT2D eigenvalue weighted by Gasteiger charge is -2.12. The minimum atomic E-state index is -4.21. The van der Waals surface area contributed by atoms with Crippen LogP contribution in [0, 0.1) is 0 Å². The molecule has 3 nitrogen and oxygen atoms in total. The lowest BCUT2D eigenvalue weighted by molar-refractivity contribution is 0.483. The second-order valence-electron chi connectivity index (χ2n) is 14.3. The number of fused-ring (bicyclic) bond motifs is 1. The quantitative estimate of drug-likeness (QED) is 0.0649. The van der Waals surface area contributed by atoms with E-state index >= 15 is 0 Å². The van der Waals surface area contributed by atoms with Crippen molar-refractivity contribution in [3.63, 3.8) is 0 Å². The molecule has 264 valence electrons. The summed E-state index contributed by atoms with van der Waals surface area (Å²) in [5.41, 5.74) is 2.61. The molecular formula is C42H72O3S. The second-order valence-corrected chi connectivity index (χ2v) is 15.7. The number of rotatable bonds is 31. The Morgan fingerprint density at radius 2 is 0.826 bits per heavy atom. The van der Waals surface area contributed by atoms with E-state index in [-0.39, 0.29) is 4.90 Å². The van der Waals surface area contributed by atoms with Gasteiger partial charge in [0.05, 0.1) is 4.90 Å². The predicted molar refractivity (Wildman–Crippen MR) is 202 cm³/mol. The van der Waals surface area contributed by atoms with Crippen molar-refractivity contribution >= 4 is 20.9 Å². The van der Waals surface area contributed by atoms with Gasteiger partial charge in [0.25, 0.3) is 10.1 Å². The number of unbranched alkanes of at least 4 members (excludes halogenated alkanes) is 26. The number of benzene rings is 2. The lowest BCUT2D eigenvalue weighted by atomic mass is 9.94. The normalized spacial score (nSPS) is 12.0. The maximum absolute atomic E-state index is 11.9. The molecule has 0 atom stereocenters. The molecule has 2 aromatic carbocycles. The van der Waals surface area contributed by atoms with Crippen molar-refractivity contribution in [1.82, 2.24) is 0 Å². The Morgan fingerprint density at radius 3 is 1.22 bits per heavy atom. The summed E-state index contributed by atoms with van der Waals surface area (Å²) in [6.45, 7) is 4.57. The smallest absolute Gasteiger partial charge is 0.282 e. The fourth-order valence-electron chi connectivity index (χ4n) is 7.03. The molecule has 0 aliphatic rings. The maximum atomic E-state index is 11.9. The van der Waals surface area contributed by atoms with Crippen LogP contribution in [0.3, 0.4) is 0 Å². The minimum Gasteiger partial charge on any atom is -0.282 e. The summed E-state index contributed by atoms with van der Waals surface area (Å²) >= 11 is 0. The van der Waals surface area contributed by atoms with Gasteiger partial charge in [0.2, 0.25) is 0 Å². The van der Waals surface area contributed by atoms with Crippen LogP contribution >= 0.6 is 0 Å². The van der Waals surface area contributed by atoms with Crippen LogP contribution in [0.15, 0.2) is 35.2 Å². The Hall–Kier alpha value is -1.39. The van der Waals surface area contributed by atoms with Crippen LogP contribution < -0.4 is 0 Å². The van der Waals surface area contributed by atoms with Gasteiger partial charge >= 0.3 is 0 Å². The third-order valence-corrected chi connectivity index (χ3v) is 10.8. The Labute approximate surface area is 285 Å². The van der Waals surface area contributed by atoms with Crippen LogP contribution in [0.4, 0.5) is 0 Å². The molecule has 2 rings (SSSR count). The molecule has 0 saturated carbocycles. The first-order valence-electron chi connectivity index (χ1n) is 20.0. The highest BCUT2D eigenvalue weighted by Crippen LogP contribution is 2.27. The molecule has 4 heteroatoms. The summed E-state index contributed by atoms with van der Waals surface area (Å²) in [5.74, 6) is 0. The lowest BCUT2D eigenvalue weighted by Crippen LogP contribution is -1.99. The van der Waals surface area contributed by atoms with Crippen LogP contribution in [0.2, 0.25) is 0 Å². The zero-order valence-electron chi connectivity index (χ0n) is 30.3. The first-order chi connectivity index (χ1) is 22.5. The number of hydrogen-bond acceptors (Lipinski definition) is 2. The summed E-state index contributed by atoms with van der Waals surface area (Å²) in [6, 6.07) is 9.66. The van der Waals surface area contributed by atoms with Crippen molar-refractivity contribution in [3.8, 4) is 0 Å². The Kier molecular flexibility index (Phi) is 23.5. The van der Waals surface area contributed by atoms with Gasteiger partial charge in [-0.15, -0.1) is 0 Å². The van der Waals surface area contributed by atoms with E-state index in [1.165, 1.54) is 184 Å². The molecule has 0 aromatic heterocycles. The summed E-state index contributed by atoms with van der Waals surface area (Å²) in [7, 11) is -4.21. The Morgan fingerprint density at radius 1 is 0.457 bits per heavy atom. The molecule has 0 radical (unpaired) electrons. The van der Waals surface area contributed by atoms with Crippen LogP contribution in [-0.4, -0.2) is 13.0 Å². The standard InChI is InChI=1S/C42H72O3S/c1-3-5-7-9-11-13-15-17-19-21-23-25-27-29-31-38-35-39(42-37-41(46(43,44)45)34-33-40(42)36-38)32-30-28-26-24-22-20-18-16-14-12-10-8-6-4-2/h33-37H,3-32H2,1-2H3,(H,43,44,45). The van der Waals surface area contributed by atoms with Gasteiger partial charge in [0.1, 0.15) is 0 Å². The molecular weight excluding hydrogens is 585 g/mol. The van der Waals surface area contributed by atoms with Gasteiger partial charge in [0.15, 0.2) is 0 Å². The van der Waals surface area contributed by atoms with E-state index < -0.39 is 10.1 Å². The summed E-state index contributed by atoms with van der Waals surface area (Å²) in [5, 5.41) is 2.07. The van der Waals surface area contributed by atoms with Crippen molar-refractivity contribution in [1.29, 1.82) is 0 Å². The topological polar surface area (TPSA) is 54.4 Å². The van der Waals surface area contributed by atoms with E-state index in [0.717, 1.165) is 30.0 Å². The van der Waals surface area contributed by atoms with Crippen molar-refractivity contribution in [2.45, 2.75) is 211 Å². The van der Waals surface area contributed by atoms with Crippen LogP contribution in [-0.2, 0) is 23.0 Å². The average Bonchev–Trinajstić information content (AvgIpc) is 3.04.